The van der Waals surface area contributed by atoms with E-state index in [4.69, 9.17) is 0 Å². The molecule has 1 aromatic heterocycles. The SMILES string of the molecule is C=CCN(C)C(=O)c1cccn1C1CCNCC1. The zero-order valence-corrected chi connectivity index (χ0v) is 10.9. The van der Waals surface area contributed by atoms with Gasteiger partial charge in [-0.05, 0) is 38.1 Å². The van der Waals surface area contributed by atoms with Gasteiger partial charge in [0.25, 0.3) is 5.91 Å². The van der Waals surface area contributed by atoms with E-state index in [2.05, 4.69) is 16.5 Å². The largest absolute Gasteiger partial charge is 0.340 e. The molecule has 2 rings (SSSR count). The fraction of sp³-hybridized carbons (Fsp3) is 0.500. The Morgan fingerprint density at radius 2 is 2.33 bits per heavy atom. The molecule has 0 radical (unpaired) electrons. The summed E-state index contributed by atoms with van der Waals surface area (Å²) in [6.45, 7) is 6.30. The second-order valence-electron chi connectivity index (χ2n) is 4.76. The highest BCUT2D eigenvalue weighted by atomic mass is 16.2. The van der Waals surface area contributed by atoms with E-state index in [-0.39, 0.29) is 5.91 Å². The van der Waals surface area contributed by atoms with Crippen LogP contribution in [0.4, 0.5) is 0 Å². The Labute approximate surface area is 108 Å². The maximum atomic E-state index is 12.3. The number of rotatable bonds is 4. The van der Waals surface area contributed by atoms with Gasteiger partial charge < -0.3 is 14.8 Å². The van der Waals surface area contributed by atoms with Crippen LogP contribution in [0.25, 0.3) is 0 Å². The van der Waals surface area contributed by atoms with Crippen molar-refractivity contribution >= 4 is 5.91 Å². The first-order valence-electron chi connectivity index (χ1n) is 6.48. The van der Waals surface area contributed by atoms with Crippen molar-refractivity contribution in [1.29, 1.82) is 0 Å². The number of piperidine rings is 1. The van der Waals surface area contributed by atoms with Gasteiger partial charge in [0.05, 0.1) is 0 Å². The summed E-state index contributed by atoms with van der Waals surface area (Å²) in [4.78, 5) is 14.0. The van der Waals surface area contributed by atoms with Crippen molar-refractivity contribution in [3.8, 4) is 0 Å². The van der Waals surface area contributed by atoms with E-state index in [0.717, 1.165) is 31.6 Å². The molecule has 4 nitrogen and oxygen atoms in total. The van der Waals surface area contributed by atoms with Crippen LogP contribution in [-0.4, -0.2) is 42.1 Å². The molecule has 0 atom stereocenters. The summed E-state index contributed by atoms with van der Waals surface area (Å²) < 4.78 is 2.13. The summed E-state index contributed by atoms with van der Waals surface area (Å²) in [7, 11) is 1.81. The Balaban J connectivity index is 2.16. The van der Waals surface area contributed by atoms with Crippen LogP contribution < -0.4 is 5.32 Å². The maximum absolute atomic E-state index is 12.3. The minimum absolute atomic E-state index is 0.0680. The molecular formula is C14H21N3O. The van der Waals surface area contributed by atoms with Crippen molar-refractivity contribution in [2.45, 2.75) is 18.9 Å². The van der Waals surface area contributed by atoms with Crippen LogP contribution in [0.3, 0.4) is 0 Å². The van der Waals surface area contributed by atoms with Crippen LogP contribution in [0.2, 0.25) is 0 Å². The predicted octanol–water partition coefficient (Wildman–Crippen LogP) is 1.67. The third-order valence-corrected chi connectivity index (χ3v) is 3.45. The number of amides is 1. The third-order valence-electron chi connectivity index (χ3n) is 3.45. The number of nitrogens with one attached hydrogen (secondary N) is 1. The van der Waals surface area contributed by atoms with E-state index in [1.807, 2.05) is 25.4 Å². The van der Waals surface area contributed by atoms with Crippen molar-refractivity contribution in [2.24, 2.45) is 0 Å². The molecule has 18 heavy (non-hydrogen) atoms. The predicted molar refractivity (Wildman–Crippen MR) is 72.7 cm³/mol. The summed E-state index contributed by atoms with van der Waals surface area (Å²) in [5.74, 6) is 0.0680. The molecule has 0 spiro atoms. The van der Waals surface area contributed by atoms with E-state index >= 15 is 0 Å². The van der Waals surface area contributed by atoms with Gasteiger partial charge in [0.1, 0.15) is 5.69 Å². The molecule has 1 aliphatic rings. The van der Waals surface area contributed by atoms with Crippen LogP contribution in [0.5, 0.6) is 0 Å². The standard InChI is InChI=1S/C14H21N3O/c1-3-10-16(2)14(18)13-5-4-11-17(13)12-6-8-15-9-7-12/h3-5,11-12,15H,1,6-10H2,2H3. The minimum Gasteiger partial charge on any atom is -0.340 e. The zero-order chi connectivity index (χ0) is 13.0. The zero-order valence-electron chi connectivity index (χ0n) is 10.9. The highest BCUT2D eigenvalue weighted by molar-refractivity contribution is 5.92. The third kappa shape index (κ3) is 2.64. The number of nitrogens with zero attached hydrogens (tertiary/aromatic N) is 2. The maximum Gasteiger partial charge on any atom is 0.270 e. The van der Waals surface area contributed by atoms with Crippen molar-refractivity contribution in [1.82, 2.24) is 14.8 Å². The fourth-order valence-corrected chi connectivity index (χ4v) is 2.45. The van der Waals surface area contributed by atoms with Crippen molar-refractivity contribution in [3.05, 3.63) is 36.7 Å². The Bertz CT molecular complexity index is 418. The van der Waals surface area contributed by atoms with Crippen molar-refractivity contribution in [3.63, 3.8) is 0 Å². The molecule has 0 saturated carbocycles. The van der Waals surface area contributed by atoms with E-state index in [1.54, 1.807) is 11.0 Å². The normalized spacial score (nSPS) is 16.5. The molecule has 2 heterocycles. The number of aromatic nitrogens is 1. The average molecular weight is 247 g/mol. The Hall–Kier alpha value is -1.55. The number of hydrogen-bond donors (Lipinski definition) is 1. The van der Waals surface area contributed by atoms with Gasteiger partial charge in [0, 0.05) is 25.8 Å². The highest BCUT2D eigenvalue weighted by Gasteiger charge is 2.21. The molecule has 1 fully saturated rings. The van der Waals surface area contributed by atoms with Gasteiger partial charge in [-0.2, -0.15) is 0 Å². The molecule has 1 aromatic rings. The monoisotopic (exact) mass is 247 g/mol. The highest BCUT2D eigenvalue weighted by Crippen LogP contribution is 2.21. The number of hydrogen-bond acceptors (Lipinski definition) is 2. The Kier molecular flexibility index (Phi) is 4.20. The lowest BCUT2D eigenvalue weighted by molar-refractivity contribution is 0.0796. The van der Waals surface area contributed by atoms with Gasteiger partial charge in [-0.15, -0.1) is 6.58 Å². The van der Waals surface area contributed by atoms with Gasteiger partial charge in [0.15, 0.2) is 0 Å². The summed E-state index contributed by atoms with van der Waals surface area (Å²) in [5.41, 5.74) is 0.784. The first kappa shape index (κ1) is 12.9. The van der Waals surface area contributed by atoms with Gasteiger partial charge in [-0.1, -0.05) is 6.08 Å². The number of carbonyl (C=O) groups excluding carboxylic acids is 1. The molecule has 1 amide bonds. The smallest absolute Gasteiger partial charge is 0.270 e. The summed E-state index contributed by atoms with van der Waals surface area (Å²) in [5, 5.41) is 3.35. The van der Waals surface area contributed by atoms with Crippen molar-refractivity contribution in [2.75, 3.05) is 26.7 Å². The molecule has 0 bridgehead atoms. The van der Waals surface area contributed by atoms with E-state index in [9.17, 15) is 4.79 Å². The molecule has 1 N–H and O–H groups in total. The van der Waals surface area contributed by atoms with Gasteiger partial charge in [0.2, 0.25) is 0 Å². The second-order valence-corrected chi connectivity index (χ2v) is 4.76. The molecule has 1 saturated heterocycles. The lowest BCUT2D eigenvalue weighted by atomic mass is 10.1. The molecule has 1 aliphatic heterocycles. The molecule has 4 heteroatoms. The minimum atomic E-state index is 0.0680. The van der Waals surface area contributed by atoms with Gasteiger partial charge >= 0.3 is 0 Å². The molecule has 98 valence electrons. The molecule has 0 aromatic carbocycles. The van der Waals surface area contributed by atoms with E-state index in [0.29, 0.717) is 12.6 Å². The summed E-state index contributed by atoms with van der Waals surface area (Å²) >= 11 is 0. The van der Waals surface area contributed by atoms with Crippen LogP contribution in [0, 0.1) is 0 Å². The quantitative estimate of drug-likeness (QED) is 0.822. The van der Waals surface area contributed by atoms with Gasteiger partial charge in [-0.3, -0.25) is 4.79 Å². The number of likely N-dealkylation sites (N-methyl/N-ethyl adjacent to an activating group) is 1. The van der Waals surface area contributed by atoms with E-state index < -0.39 is 0 Å². The van der Waals surface area contributed by atoms with Crippen LogP contribution in [0.1, 0.15) is 29.4 Å². The van der Waals surface area contributed by atoms with Crippen LogP contribution >= 0.6 is 0 Å². The topological polar surface area (TPSA) is 37.3 Å². The number of carbonyl (C=O) groups is 1. The summed E-state index contributed by atoms with van der Waals surface area (Å²) in [6, 6.07) is 4.30. The average Bonchev–Trinajstić information content (AvgIpc) is 2.88. The fourth-order valence-electron chi connectivity index (χ4n) is 2.45. The lowest BCUT2D eigenvalue weighted by Gasteiger charge is -2.27. The van der Waals surface area contributed by atoms with Crippen molar-refractivity contribution < 1.29 is 4.79 Å². The molecular weight excluding hydrogens is 226 g/mol. The Morgan fingerprint density at radius 1 is 1.61 bits per heavy atom. The Morgan fingerprint density at radius 3 is 3.00 bits per heavy atom. The molecule has 0 unspecified atom stereocenters. The molecule has 0 aliphatic carbocycles. The first-order valence-corrected chi connectivity index (χ1v) is 6.48. The van der Waals surface area contributed by atoms with Gasteiger partial charge in [-0.25, -0.2) is 0 Å². The lowest BCUT2D eigenvalue weighted by Crippen LogP contribution is -2.33. The van der Waals surface area contributed by atoms with E-state index in [1.165, 1.54) is 0 Å². The second kappa shape index (κ2) is 5.87. The van der Waals surface area contributed by atoms with Crippen LogP contribution in [-0.2, 0) is 0 Å². The first-order chi connectivity index (χ1) is 8.74. The van der Waals surface area contributed by atoms with Crippen LogP contribution in [0.15, 0.2) is 31.0 Å². The summed E-state index contributed by atoms with van der Waals surface area (Å²) in [6.07, 6.45) is 5.93.